The van der Waals surface area contributed by atoms with Crippen LogP contribution in [0.3, 0.4) is 0 Å². The van der Waals surface area contributed by atoms with Gasteiger partial charge in [-0.3, -0.25) is 4.79 Å². The molecule has 4 fully saturated rings. The second-order valence-electron chi connectivity index (χ2n) is 8.74. The Morgan fingerprint density at radius 3 is 2.33 bits per heavy atom. The number of rotatable bonds is 5. The summed E-state index contributed by atoms with van der Waals surface area (Å²) in [5, 5.41) is 12.9. The van der Waals surface area contributed by atoms with E-state index in [0.29, 0.717) is 27.4 Å². The normalized spacial score (nSPS) is 30.8. The van der Waals surface area contributed by atoms with E-state index in [9.17, 15) is 14.9 Å². The van der Waals surface area contributed by atoms with E-state index in [1.165, 1.54) is 38.5 Å². The predicted molar refractivity (Wildman–Crippen MR) is 104 cm³/mol. The third kappa shape index (κ3) is 3.38. The van der Waals surface area contributed by atoms with Crippen LogP contribution in [0.15, 0.2) is 0 Å². The fourth-order valence-electron chi connectivity index (χ4n) is 6.15. The first-order valence-corrected chi connectivity index (χ1v) is 10.7. The van der Waals surface area contributed by atoms with E-state index >= 15 is 0 Å². The molecule has 6 heteroatoms. The van der Waals surface area contributed by atoms with E-state index < -0.39 is 5.97 Å². The molecule has 27 heavy (non-hydrogen) atoms. The molecule has 1 amide bonds. The molecule has 0 unspecified atom stereocenters. The number of anilines is 1. The number of nitrogens with zero attached hydrogens (tertiary/aromatic N) is 1. The molecule has 4 saturated carbocycles. The average Bonchev–Trinajstić information content (AvgIpc) is 2.88. The molecule has 0 aliphatic heterocycles. The van der Waals surface area contributed by atoms with Crippen molar-refractivity contribution in [2.24, 2.45) is 23.2 Å². The van der Waals surface area contributed by atoms with Gasteiger partial charge in [0.25, 0.3) is 0 Å². The second-order valence-corrected chi connectivity index (χ2v) is 9.76. The number of hydrogen-bond donors (Lipinski definition) is 1. The number of amides is 1. The number of ether oxygens (including phenoxy) is 1. The van der Waals surface area contributed by atoms with Gasteiger partial charge in [0.2, 0.25) is 5.91 Å². The quantitative estimate of drug-likeness (QED) is 0.747. The van der Waals surface area contributed by atoms with Crippen LogP contribution in [0.4, 0.5) is 5.00 Å². The first-order chi connectivity index (χ1) is 12.9. The molecule has 0 atom stereocenters. The summed E-state index contributed by atoms with van der Waals surface area (Å²) >= 11 is 1.15. The van der Waals surface area contributed by atoms with Gasteiger partial charge >= 0.3 is 5.97 Å². The summed E-state index contributed by atoms with van der Waals surface area (Å²) in [7, 11) is 0. The monoisotopic (exact) mass is 386 g/mol. The molecule has 144 valence electrons. The minimum absolute atomic E-state index is 0.0230. The van der Waals surface area contributed by atoms with E-state index in [1.807, 2.05) is 0 Å². The Kier molecular flexibility index (Phi) is 4.75. The third-order valence-electron chi connectivity index (χ3n) is 6.67. The maximum absolute atomic E-state index is 12.9. The smallest absolute Gasteiger partial charge is 0.348 e. The fraction of sp³-hybridized carbons (Fsp3) is 0.667. The van der Waals surface area contributed by atoms with Crippen molar-refractivity contribution in [1.29, 1.82) is 5.26 Å². The van der Waals surface area contributed by atoms with Gasteiger partial charge in [-0.25, -0.2) is 4.79 Å². The number of esters is 1. The van der Waals surface area contributed by atoms with E-state index in [4.69, 9.17) is 4.74 Å². The van der Waals surface area contributed by atoms with Gasteiger partial charge in [0.05, 0.1) is 12.2 Å². The summed E-state index contributed by atoms with van der Waals surface area (Å²) in [5.41, 5.74) is 1.12. The Hall–Kier alpha value is -1.87. The first kappa shape index (κ1) is 18.5. The lowest BCUT2D eigenvalue weighted by Crippen LogP contribution is -2.47. The summed E-state index contributed by atoms with van der Waals surface area (Å²) in [6, 6.07) is 2.13. The maximum Gasteiger partial charge on any atom is 0.348 e. The highest BCUT2D eigenvalue weighted by Gasteiger charge is 2.51. The molecule has 0 spiro atoms. The summed E-state index contributed by atoms with van der Waals surface area (Å²) in [4.78, 5) is 25.4. The van der Waals surface area contributed by atoms with Crippen molar-refractivity contribution in [3.63, 3.8) is 0 Å². The molecule has 5 rings (SSSR count). The molecule has 4 aliphatic rings. The second kappa shape index (κ2) is 6.94. The molecular weight excluding hydrogens is 360 g/mol. The lowest BCUT2D eigenvalue weighted by atomic mass is 9.49. The van der Waals surface area contributed by atoms with Gasteiger partial charge in [0, 0.05) is 6.42 Å². The zero-order valence-electron chi connectivity index (χ0n) is 16.0. The number of carbonyl (C=O) groups is 2. The molecule has 0 saturated heterocycles. The Morgan fingerprint density at radius 1 is 1.22 bits per heavy atom. The van der Waals surface area contributed by atoms with Crippen molar-refractivity contribution < 1.29 is 14.3 Å². The van der Waals surface area contributed by atoms with E-state index in [2.05, 4.69) is 11.4 Å². The zero-order chi connectivity index (χ0) is 19.2. The topological polar surface area (TPSA) is 79.2 Å². The van der Waals surface area contributed by atoms with Crippen LogP contribution in [-0.4, -0.2) is 18.5 Å². The number of carbonyl (C=O) groups excluding carboxylic acids is 2. The summed E-state index contributed by atoms with van der Waals surface area (Å²) < 4.78 is 5.07. The van der Waals surface area contributed by atoms with Crippen molar-refractivity contribution >= 4 is 28.2 Å². The molecule has 4 aliphatic carbocycles. The summed E-state index contributed by atoms with van der Waals surface area (Å²) in [6.07, 6.45) is 8.12. The SMILES string of the molecule is CCOC(=O)c1sc(NC(=O)CC23CC4CC(CC(C4)C2)C3)c(C#N)c1C. The molecule has 1 aromatic rings. The standard InChI is InChI=1S/C21H26N2O3S/c1-3-26-20(25)18-12(2)16(11-22)19(27-18)23-17(24)10-21-7-13-4-14(8-21)6-15(5-13)9-21/h13-15H,3-10H2,1-2H3,(H,23,24). The highest BCUT2D eigenvalue weighted by molar-refractivity contribution is 7.18. The van der Waals surface area contributed by atoms with Crippen LogP contribution in [0.1, 0.15) is 72.7 Å². The van der Waals surface area contributed by atoms with Gasteiger partial charge in [0.15, 0.2) is 0 Å². The van der Waals surface area contributed by atoms with Gasteiger partial charge < -0.3 is 10.1 Å². The molecular formula is C21H26N2O3S. The van der Waals surface area contributed by atoms with Crippen molar-refractivity contribution in [3.8, 4) is 6.07 Å². The van der Waals surface area contributed by atoms with Crippen LogP contribution in [0.5, 0.6) is 0 Å². The van der Waals surface area contributed by atoms with Crippen molar-refractivity contribution in [3.05, 3.63) is 16.0 Å². The third-order valence-corrected chi connectivity index (χ3v) is 7.86. The Bertz CT molecular complexity index is 785. The fourth-order valence-corrected chi connectivity index (χ4v) is 7.21. The van der Waals surface area contributed by atoms with Gasteiger partial charge in [-0.2, -0.15) is 5.26 Å². The predicted octanol–water partition coefficient (Wildman–Crippen LogP) is 4.65. The van der Waals surface area contributed by atoms with Gasteiger partial charge in [-0.15, -0.1) is 11.3 Å². The largest absolute Gasteiger partial charge is 0.462 e. The molecule has 0 aromatic carbocycles. The minimum atomic E-state index is -0.432. The van der Waals surface area contributed by atoms with Crippen LogP contribution >= 0.6 is 11.3 Å². The molecule has 1 heterocycles. The average molecular weight is 387 g/mol. The van der Waals surface area contributed by atoms with Crippen molar-refractivity contribution in [2.45, 2.75) is 58.8 Å². The lowest BCUT2D eigenvalue weighted by molar-refractivity contribution is -0.124. The number of hydrogen-bond acceptors (Lipinski definition) is 5. The Balaban J connectivity index is 1.49. The lowest BCUT2D eigenvalue weighted by Gasteiger charge is -2.56. The van der Waals surface area contributed by atoms with Crippen LogP contribution < -0.4 is 5.32 Å². The van der Waals surface area contributed by atoms with Crippen LogP contribution in [-0.2, 0) is 9.53 Å². The molecule has 1 aromatic heterocycles. The van der Waals surface area contributed by atoms with E-state index in [0.717, 1.165) is 29.1 Å². The number of nitriles is 1. The first-order valence-electron chi connectivity index (χ1n) is 9.93. The van der Waals surface area contributed by atoms with Crippen LogP contribution in [0.25, 0.3) is 0 Å². The molecule has 4 bridgehead atoms. The summed E-state index contributed by atoms with van der Waals surface area (Å²) in [5.74, 6) is 1.96. The van der Waals surface area contributed by atoms with Crippen molar-refractivity contribution in [2.75, 3.05) is 11.9 Å². The highest BCUT2D eigenvalue weighted by Crippen LogP contribution is 2.61. The minimum Gasteiger partial charge on any atom is -0.462 e. The molecule has 0 radical (unpaired) electrons. The Morgan fingerprint density at radius 2 is 1.81 bits per heavy atom. The van der Waals surface area contributed by atoms with Gasteiger partial charge in [-0.1, -0.05) is 0 Å². The van der Waals surface area contributed by atoms with Gasteiger partial charge in [-0.05, 0) is 81.1 Å². The number of thiophene rings is 1. The zero-order valence-corrected chi connectivity index (χ0v) is 16.8. The molecule has 5 nitrogen and oxygen atoms in total. The van der Waals surface area contributed by atoms with E-state index in [-0.39, 0.29) is 17.9 Å². The maximum atomic E-state index is 12.9. The number of nitrogens with one attached hydrogen (secondary N) is 1. The van der Waals surface area contributed by atoms with E-state index in [1.54, 1.807) is 13.8 Å². The van der Waals surface area contributed by atoms with Gasteiger partial charge in [0.1, 0.15) is 15.9 Å². The van der Waals surface area contributed by atoms with Crippen LogP contribution in [0.2, 0.25) is 0 Å². The van der Waals surface area contributed by atoms with Crippen molar-refractivity contribution in [1.82, 2.24) is 0 Å². The highest BCUT2D eigenvalue weighted by atomic mass is 32.1. The van der Waals surface area contributed by atoms with Crippen LogP contribution in [0, 0.1) is 41.4 Å². The summed E-state index contributed by atoms with van der Waals surface area (Å²) in [6.45, 7) is 3.77. The Labute approximate surface area is 164 Å². The molecule has 1 N–H and O–H groups in total.